The zero-order chi connectivity index (χ0) is 20.1. The maximum absolute atomic E-state index is 13.6. The number of benzene rings is 2. The Morgan fingerprint density at radius 3 is 2.50 bits per heavy atom. The van der Waals surface area contributed by atoms with Gasteiger partial charge in [-0.3, -0.25) is 9.69 Å². The van der Waals surface area contributed by atoms with Crippen molar-refractivity contribution < 1.29 is 9.59 Å². The lowest BCUT2D eigenvalue weighted by Crippen LogP contribution is -2.51. The predicted octanol–water partition coefficient (Wildman–Crippen LogP) is 4.57. The minimum atomic E-state index is -1.02. The molecule has 2 aliphatic heterocycles. The Balaban J connectivity index is 1.77. The minimum absolute atomic E-state index is 0.0363. The van der Waals surface area contributed by atoms with Crippen LogP contribution >= 0.6 is 11.8 Å². The van der Waals surface area contributed by atoms with Crippen molar-refractivity contribution in [1.82, 2.24) is 4.90 Å². The molecule has 0 aromatic heterocycles. The summed E-state index contributed by atoms with van der Waals surface area (Å²) in [6.45, 7) is 9.22. The lowest BCUT2D eigenvalue weighted by molar-refractivity contribution is -0.123. The largest absolute Gasteiger partial charge is 0.323 e. The van der Waals surface area contributed by atoms with Crippen LogP contribution < -0.4 is 10.2 Å². The number of hydrogen-bond acceptors (Lipinski definition) is 3. The molecule has 1 N–H and O–H groups in total. The SMILES string of the molecule is CCN1C(=O)[C@]2(SC(C)(C)CN2C(=O)Nc2ccc(C)cc2)c2ccccc21. The second kappa shape index (κ2) is 6.55. The van der Waals surface area contributed by atoms with Crippen molar-refractivity contribution in [3.8, 4) is 0 Å². The quantitative estimate of drug-likeness (QED) is 0.810. The number of anilines is 2. The fourth-order valence-corrected chi connectivity index (χ4v) is 5.83. The van der Waals surface area contributed by atoms with Crippen LogP contribution in [0.25, 0.3) is 0 Å². The number of hydrogen-bond donors (Lipinski definition) is 1. The van der Waals surface area contributed by atoms with E-state index >= 15 is 0 Å². The van der Waals surface area contributed by atoms with E-state index < -0.39 is 4.87 Å². The average molecular weight is 396 g/mol. The predicted molar refractivity (Wildman–Crippen MR) is 115 cm³/mol. The molecule has 2 aliphatic rings. The molecule has 2 heterocycles. The number of amides is 3. The Labute approximate surface area is 170 Å². The first kappa shape index (κ1) is 18.9. The molecule has 2 aromatic rings. The van der Waals surface area contributed by atoms with Crippen LogP contribution in [0, 0.1) is 6.92 Å². The third-order valence-corrected chi connectivity index (χ3v) is 6.89. The molecule has 5 nitrogen and oxygen atoms in total. The molecule has 1 saturated heterocycles. The van der Waals surface area contributed by atoms with E-state index in [1.807, 2.05) is 62.4 Å². The zero-order valence-electron chi connectivity index (χ0n) is 16.7. The standard InChI is InChI=1S/C22H25N3O2S/c1-5-24-18-9-7-6-8-17(18)22(19(24)26)25(14-21(3,4)28-22)20(27)23-16-12-10-15(2)11-13-16/h6-13H,5,14H2,1-4H3,(H,23,27)/t22-/m1/s1. The number of carbonyl (C=O) groups is 2. The lowest BCUT2D eigenvalue weighted by atomic mass is 10.1. The van der Waals surface area contributed by atoms with Crippen LogP contribution in [0.5, 0.6) is 0 Å². The summed E-state index contributed by atoms with van der Waals surface area (Å²) in [7, 11) is 0. The number of fused-ring (bicyclic) bond motifs is 2. The zero-order valence-corrected chi connectivity index (χ0v) is 17.5. The number of para-hydroxylation sites is 1. The molecule has 3 amide bonds. The highest BCUT2D eigenvalue weighted by Crippen LogP contribution is 2.59. The number of nitrogens with one attached hydrogen (secondary N) is 1. The van der Waals surface area contributed by atoms with Gasteiger partial charge in [0.25, 0.3) is 5.91 Å². The smallest absolute Gasteiger partial charge is 0.309 e. The molecule has 146 valence electrons. The van der Waals surface area contributed by atoms with Gasteiger partial charge in [0.2, 0.25) is 0 Å². The maximum atomic E-state index is 13.6. The number of aryl methyl sites for hydroxylation is 1. The van der Waals surface area contributed by atoms with Crippen molar-refractivity contribution >= 4 is 35.1 Å². The highest BCUT2D eigenvalue weighted by atomic mass is 32.2. The van der Waals surface area contributed by atoms with Gasteiger partial charge in [-0.1, -0.05) is 35.9 Å². The number of carbonyl (C=O) groups excluding carboxylic acids is 2. The summed E-state index contributed by atoms with van der Waals surface area (Å²) in [6, 6.07) is 15.3. The van der Waals surface area contributed by atoms with E-state index in [9.17, 15) is 9.59 Å². The molecular formula is C22H25N3O2S. The van der Waals surface area contributed by atoms with Crippen LogP contribution in [0.15, 0.2) is 48.5 Å². The van der Waals surface area contributed by atoms with Gasteiger partial charge in [-0.15, -0.1) is 11.8 Å². The van der Waals surface area contributed by atoms with Crippen LogP contribution in [-0.2, 0) is 9.67 Å². The summed E-state index contributed by atoms with van der Waals surface area (Å²) in [5.41, 5.74) is 3.65. The topological polar surface area (TPSA) is 52.7 Å². The van der Waals surface area contributed by atoms with Gasteiger partial charge in [-0.05, 0) is 45.9 Å². The minimum Gasteiger partial charge on any atom is -0.309 e. The van der Waals surface area contributed by atoms with E-state index in [0.29, 0.717) is 13.1 Å². The van der Waals surface area contributed by atoms with E-state index in [-0.39, 0.29) is 16.7 Å². The van der Waals surface area contributed by atoms with E-state index in [2.05, 4.69) is 19.2 Å². The van der Waals surface area contributed by atoms with Crippen molar-refractivity contribution in [2.75, 3.05) is 23.3 Å². The Morgan fingerprint density at radius 2 is 1.82 bits per heavy atom. The third kappa shape index (κ3) is 2.78. The second-order valence-corrected chi connectivity index (χ2v) is 9.85. The van der Waals surface area contributed by atoms with Gasteiger partial charge in [0, 0.05) is 29.1 Å². The van der Waals surface area contributed by atoms with E-state index in [0.717, 1.165) is 22.5 Å². The van der Waals surface area contributed by atoms with Gasteiger partial charge in [-0.2, -0.15) is 0 Å². The van der Waals surface area contributed by atoms with Crippen molar-refractivity contribution in [2.45, 2.75) is 37.3 Å². The summed E-state index contributed by atoms with van der Waals surface area (Å²) in [5.74, 6) is -0.0363. The highest BCUT2D eigenvalue weighted by Gasteiger charge is 2.63. The van der Waals surface area contributed by atoms with Gasteiger partial charge >= 0.3 is 6.03 Å². The van der Waals surface area contributed by atoms with Gasteiger partial charge in [-0.25, -0.2) is 4.79 Å². The molecule has 0 unspecified atom stereocenters. The van der Waals surface area contributed by atoms with Crippen LogP contribution in [0.2, 0.25) is 0 Å². The molecule has 2 aromatic carbocycles. The van der Waals surface area contributed by atoms with Crippen LogP contribution in [-0.4, -0.2) is 34.7 Å². The number of rotatable bonds is 2. The molecule has 1 atom stereocenters. The van der Waals surface area contributed by atoms with Crippen LogP contribution in [0.3, 0.4) is 0 Å². The first-order chi connectivity index (χ1) is 13.3. The fourth-order valence-electron chi connectivity index (χ4n) is 4.10. The number of nitrogens with zero attached hydrogens (tertiary/aromatic N) is 2. The van der Waals surface area contributed by atoms with Crippen molar-refractivity contribution in [2.24, 2.45) is 0 Å². The number of urea groups is 1. The molecule has 0 bridgehead atoms. The lowest BCUT2D eigenvalue weighted by Gasteiger charge is -2.33. The molecular weight excluding hydrogens is 370 g/mol. The number of likely N-dealkylation sites (N-methyl/N-ethyl adjacent to an activating group) is 1. The summed E-state index contributed by atoms with van der Waals surface area (Å²) < 4.78 is -0.239. The monoisotopic (exact) mass is 395 g/mol. The Bertz CT molecular complexity index is 941. The Hall–Kier alpha value is -2.47. The second-order valence-electron chi connectivity index (χ2n) is 7.95. The van der Waals surface area contributed by atoms with Gasteiger partial charge in [0.15, 0.2) is 4.87 Å². The normalized spacial score (nSPS) is 22.6. The van der Waals surface area contributed by atoms with Gasteiger partial charge < -0.3 is 10.2 Å². The van der Waals surface area contributed by atoms with Gasteiger partial charge in [0.1, 0.15) is 0 Å². The fraction of sp³-hybridized carbons (Fsp3) is 0.364. The summed E-state index contributed by atoms with van der Waals surface area (Å²) in [4.78, 5) is 29.4. The average Bonchev–Trinajstić information content (AvgIpc) is 3.09. The van der Waals surface area contributed by atoms with Crippen LogP contribution in [0.1, 0.15) is 31.9 Å². The van der Waals surface area contributed by atoms with Crippen LogP contribution in [0.4, 0.5) is 16.2 Å². The highest BCUT2D eigenvalue weighted by molar-refractivity contribution is 8.02. The van der Waals surface area contributed by atoms with E-state index in [1.54, 1.807) is 21.6 Å². The number of thioether (sulfide) groups is 1. The van der Waals surface area contributed by atoms with Gasteiger partial charge in [0.05, 0.1) is 5.69 Å². The molecule has 28 heavy (non-hydrogen) atoms. The maximum Gasteiger partial charge on any atom is 0.323 e. The molecule has 0 aliphatic carbocycles. The molecule has 1 spiro atoms. The molecule has 4 rings (SSSR count). The third-order valence-electron chi connectivity index (χ3n) is 5.30. The molecule has 6 heteroatoms. The molecule has 1 fully saturated rings. The van der Waals surface area contributed by atoms with E-state index in [4.69, 9.17) is 0 Å². The van der Waals surface area contributed by atoms with Crippen molar-refractivity contribution in [1.29, 1.82) is 0 Å². The summed E-state index contributed by atoms with van der Waals surface area (Å²) in [5, 5.41) is 2.99. The summed E-state index contributed by atoms with van der Waals surface area (Å²) >= 11 is 1.57. The van der Waals surface area contributed by atoms with E-state index in [1.165, 1.54) is 0 Å². The van der Waals surface area contributed by atoms with Crippen molar-refractivity contribution in [3.05, 3.63) is 59.7 Å². The summed E-state index contributed by atoms with van der Waals surface area (Å²) in [6.07, 6.45) is 0. The Kier molecular flexibility index (Phi) is 4.42. The first-order valence-corrected chi connectivity index (χ1v) is 10.4. The molecule has 0 saturated carbocycles. The van der Waals surface area contributed by atoms with Crippen molar-refractivity contribution in [3.63, 3.8) is 0 Å². The first-order valence-electron chi connectivity index (χ1n) is 9.55. The molecule has 0 radical (unpaired) electrons. The Morgan fingerprint density at radius 1 is 1.14 bits per heavy atom.